The number of hydrogen-bond acceptors (Lipinski definition) is 2. The predicted octanol–water partition coefficient (Wildman–Crippen LogP) is 0.690. The Morgan fingerprint density at radius 2 is 2.22 bits per heavy atom. The van der Waals surface area contributed by atoms with Gasteiger partial charge in [-0.2, -0.15) is 0 Å². The maximum absolute atomic E-state index is 8.70. The summed E-state index contributed by atoms with van der Waals surface area (Å²) in [6.07, 6.45) is 4.86. The molecule has 1 saturated carbocycles. The molecule has 1 saturated heterocycles. The van der Waals surface area contributed by atoms with Gasteiger partial charge >= 0.3 is 0 Å². The summed E-state index contributed by atoms with van der Waals surface area (Å²) in [4.78, 5) is 0. The van der Waals surface area contributed by atoms with Crippen molar-refractivity contribution in [3.63, 3.8) is 0 Å². The summed E-state index contributed by atoms with van der Waals surface area (Å²) in [7, 11) is 0. The summed E-state index contributed by atoms with van der Waals surface area (Å²) in [6.45, 7) is 0.210. The van der Waals surface area contributed by atoms with Crippen LogP contribution in [-0.4, -0.2) is 23.4 Å². The highest BCUT2D eigenvalue weighted by Crippen LogP contribution is 2.49. The van der Waals surface area contributed by atoms with Gasteiger partial charge in [-0.15, -0.1) is 0 Å². The minimum atomic E-state index is 0.160. The molecule has 1 spiro atoms. The summed E-state index contributed by atoms with van der Waals surface area (Å²) in [5.74, 6) is 0. The van der Waals surface area contributed by atoms with Crippen molar-refractivity contribution in [3.8, 4) is 0 Å². The number of rotatable bonds is 1. The van der Waals surface area contributed by atoms with Gasteiger partial charge in [0, 0.05) is 0 Å². The SMILES string of the molecule is OC[C@H]1CCC2(CC2)O1. The molecule has 1 N–H and O–H groups in total. The van der Waals surface area contributed by atoms with E-state index in [1.165, 1.54) is 19.3 Å². The van der Waals surface area contributed by atoms with Crippen molar-refractivity contribution in [2.45, 2.75) is 37.4 Å². The number of hydrogen-bond donors (Lipinski definition) is 1. The van der Waals surface area contributed by atoms with Gasteiger partial charge in [0.05, 0.1) is 18.3 Å². The van der Waals surface area contributed by atoms with Crippen molar-refractivity contribution in [1.29, 1.82) is 0 Å². The van der Waals surface area contributed by atoms with Crippen LogP contribution in [0.1, 0.15) is 25.7 Å². The quantitative estimate of drug-likeness (QED) is 0.563. The zero-order chi connectivity index (χ0) is 6.32. The van der Waals surface area contributed by atoms with Gasteiger partial charge < -0.3 is 9.84 Å². The van der Waals surface area contributed by atoms with Crippen LogP contribution < -0.4 is 0 Å². The molecule has 2 aliphatic rings. The van der Waals surface area contributed by atoms with Crippen LogP contribution in [0.5, 0.6) is 0 Å². The molecule has 0 aromatic rings. The van der Waals surface area contributed by atoms with Crippen LogP contribution in [-0.2, 0) is 4.74 Å². The molecule has 1 aliphatic carbocycles. The Kier molecular flexibility index (Phi) is 1.08. The van der Waals surface area contributed by atoms with E-state index in [2.05, 4.69) is 0 Å². The van der Waals surface area contributed by atoms with E-state index >= 15 is 0 Å². The molecule has 1 aliphatic heterocycles. The Labute approximate surface area is 54.8 Å². The molecule has 0 amide bonds. The lowest BCUT2D eigenvalue weighted by Gasteiger charge is -2.07. The van der Waals surface area contributed by atoms with Gasteiger partial charge in [-0.25, -0.2) is 0 Å². The summed E-state index contributed by atoms with van der Waals surface area (Å²) in [6, 6.07) is 0. The monoisotopic (exact) mass is 128 g/mol. The fourth-order valence-corrected chi connectivity index (χ4v) is 1.53. The van der Waals surface area contributed by atoms with Gasteiger partial charge in [-0.1, -0.05) is 0 Å². The summed E-state index contributed by atoms with van der Waals surface area (Å²) < 4.78 is 5.56. The standard InChI is InChI=1S/C7H12O2/c8-5-6-1-2-7(9-6)3-4-7/h6,8H,1-5H2/t6-/m1/s1. The molecule has 0 radical (unpaired) electrons. The minimum absolute atomic E-state index is 0.160. The molecule has 2 nitrogen and oxygen atoms in total. The van der Waals surface area contributed by atoms with Crippen LogP contribution in [0.3, 0.4) is 0 Å². The number of aliphatic hydroxyl groups is 1. The van der Waals surface area contributed by atoms with E-state index in [9.17, 15) is 0 Å². The van der Waals surface area contributed by atoms with Gasteiger partial charge in [-0.05, 0) is 25.7 Å². The molecule has 0 bridgehead atoms. The van der Waals surface area contributed by atoms with Gasteiger partial charge in [0.25, 0.3) is 0 Å². The second-order valence-electron chi connectivity index (χ2n) is 3.14. The highest BCUT2D eigenvalue weighted by atomic mass is 16.5. The highest BCUT2D eigenvalue weighted by Gasteiger charge is 2.49. The number of ether oxygens (including phenoxy) is 1. The van der Waals surface area contributed by atoms with E-state index in [4.69, 9.17) is 9.84 Å². The van der Waals surface area contributed by atoms with Crippen molar-refractivity contribution in [3.05, 3.63) is 0 Å². The lowest BCUT2D eigenvalue weighted by Crippen LogP contribution is -2.14. The first-order chi connectivity index (χ1) is 4.35. The van der Waals surface area contributed by atoms with E-state index in [1.54, 1.807) is 0 Å². The van der Waals surface area contributed by atoms with Crippen LogP contribution in [0.4, 0.5) is 0 Å². The molecule has 1 atom stereocenters. The molecular formula is C7H12O2. The van der Waals surface area contributed by atoms with Crippen molar-refractivity contribution < 1.29 is 9.84 Å². The molecule has 2 heteroatoms. The largest absolute Gasteiger partial charge is 0.394 e. The van der Waals surface area contributed by atoms with Crippen molar-refractivity contribution >= 4 is 0 Å². The van der Waals surface area contributed by atoms with E-state index in [0.717, 1.165) is 6.42 Å². The molecule has 2 fully saturated rings. The summed E-state index contributed by atoms with van der Waals surface area (Å²) in [5.41, 5.74) is 0.257. The van der Waals surface area contributed by atoms with Crippen molar-refractivity contribution in [1.82, 2.24) is 0 Å². The maximum Gasteiger partial charge on any atom is 0.0814 e. The summed E-state index contributed by atoms with van der Waals surface area (Å²) in [5, 5.41) is 8.70. The summed E-state index contributed by atoms with van der Waals surface area (Å²) >= 11 is 0. The van der Waals surface area contributed by atoms with E-state index in [0.29, 0.717) is 0 Å². The first-order valence-electron chi connectivity index (χ1n) is 3.63. The molecule has 0 unspecified atom stereocenters. The first-order valence-corrected chi connectivity index (χ1v) is 3.63. The molecule has 0 aromatic carbocycles. The van der Waals surface area contributed by atoms with Crippen molar-refractivity contribution in [2.24, 2.45) is 0 Å². The third kappa shape index (κ3) is 0.864. The predicted molar refractivity (Wildman–Crippen MR) is 33.2 cm³/mol. The van der Waals surface area contributed by atoms with E-state index < -0.39 is 0 Å². The Morgan fingerprint density at radius 3 is 2.56 bits per heavy atom. The van der Waals surface area contributed by atoms with Crippen molar-refractivity contribution in [2.75, 3.05) is 6.61 Å². The second kappa shape index (κ2) is 1.70. The van der Waals surface area contributed by atoms with Gasteiger partial charge in [-0.3, -0.25) is 0 Å². The van der Waals surface area contributed by atoms with Gasteiger partial charge in [0.2, 0.25) is 0 Å². The van der Waals surface area contributed by atoms with Crippen LogP contribution in [0.25, 0.3) is 0 Å². The van der Waals surface area contributed by atoms with E-state index in [-0.39, 0.29) is 18.3 Å². The second-order valence-corrected chi connectivity index (χ2v) is 3.14. The Hall–Kier alpha value is -0.0800. The minimum Gasteiger partial charge on any atom is -0.394 e. The smallest absolute Gasteiger partial charge is 0.0814 e. The first kappa shape index (κ1) is 5.69. The van der Waals surface area contributed by atoms with Gasteiger partial charge in [0.15, 0.2) is 0 Å². The van der Waals surface area contributed by atoms with Crippen LogP contribution in [0.2, 0.25) is 0 Å². The normalized spacial score (nSPS) is 37.7. The van der Waals surface area contributed by atoms with E-state index in [1.807, 2.05) is 0 Å². The Balaban J connectivity index is 1.93. The highest BCUT2D eigenvalue weighted by molar-refractivity contribution is 5.00. The average molecular weight is 128 g/mol. The van der Waals surface area contributed by atoms with Crippen LogP contribution >= 0.6 is 0 Å². The third-order valence-electron chi connectivity index (χ3n) is 2.35. The Bertz CT molecular complexity index is 118. The van der Waals surface area contributed by atoms with Crippen LogP contribution in [0, 0.1) is 0 Å². The van der Waals surface area contributed by atoms with Crippen LogP contribution in [0.15, 0.2) is 0 Å². The average Bonchev–Trinajstić information content (AvgIpc) is 2.44. The zero-order valence-corrected chi connectivity index (χ0v) is 5.47. The van der Waals surface area contributed by atoms with Gasteiger partial charge in [0.1, 0.15) is 0 Å². The lowest BCUT2D eigenvalue weighted by molar-refractivity contribution is -0.00188. The molecule has 9 heavy (non-hydrogen) atoms. The molecule has 1 heterocycles. The Morgan fingerprint density at radius 1 is 1.44 bits per heavy atom. The maximum atomic E-state index is 8.70. The number of aliphatic hydroxyl groups excluding tert-OH is 1. The molecule has 2 rings (SSSR count). The fourth-order valence-electron chi connectivity index (χ4n) is 1.53. The molecule has 0 aromatic heterocycles. The zero-order valence-electron chi connectivity index (χ0n) is 5.47. The lowest BCUT2D eigenvalue weighted by atomic mass is 10.2. The molecule has 52 valence electrons. The fraction of sp³-hybridized carbons (Fsp3) is 1.00. The third-order valence-corrected chi connectivity index (χ3v) is 2.35. The topological polar surface area (TPSA) is 29.5 Å². The molecular weight excluding hydrogens is 116 g/mol.